The fourth-order valence-electron chi connectivity index (χ4n) is 4.29. The fraction of sp³-hybridized carbons (Fsp3) is 0.308. The van der Waals surface area contributed by atoms with Crippen molar-refractivity contribution in [1.82, 2.24) is 9.88 Å². The number of nitrogens with zero attached hydrogens (tertiary/aromatic N) is 2. The van der Waals surface area contributed by atoms with Gasteiger partial charge in [0, 0.05) is 18.9 Å². The summed E-state index contributed by atoms with van der Waals surface area (Å²) in [6.07, 6.45) is 5.85. The van der Waals surface area contributed by atoms with Gasteiger partial charge in [0.15, 0.2) is 0 Å². The van der Waals surface area contributed by atoms with Crippen LogP contribution in [0.2, 0.25) is 0 Å². The third-order valence-electron chi connectivity index (χ3n) is 5.77. The molecular weight excluding hydrogens is 388 g/mol. The number of aromatic nitrogens is 1. The van der Waals surface area contributed by atoms with E-state index in [1.165, 1.54) is 18.2 Å². The predicted octanol–water partition coefficient (Wildman–Crippen LogP) is 4.79. The molecule has 5 nitrogen and oxygen atoms in total. The van der Waals surface area contributed by atoms with Gasteiger partial charge in [0.05, 0.1) is 31.4 Å². The van der Waals surface area contributed by atoms with Crippen LogP contribution in [0.15, 0.2) is 79.1 Å². The van der Waals surface area contributed by atoms with Gasteiger partial charge in [-0.15, -0.1) is 0 Å². The second kappa shape index (κ2) is 10.3. The minimum Gasteiger partial charge on any atom is -0.465 e. The summed E-state index contributed by atoms with van der Waals surface area (Å²) >= 11 is 0. The molecule has 0 aliphatic carbocycles. The Bertz CT molecular complexity index is 978. The maximum absolute atomic E-state index is 11.9. The van der Waals surface area contributed by atoms with Crippen molar-refractivity contribution >= 4 is 5.97 Å². The van der Waals surface area contributed by atoms with Gasteiger partial charge in [0.1, 0.15) is 0 Å². The lowest BCUT2D eigenvalue weighted by atomic mass is 9.91. The fourth-order valence-corrected chi connectivity index (χ4v) is 4.29. The van der Waals surface area contributed by atoms with Crippen LogP contribution < -0.4 is 0 Å². The van der Waals surface area contributed by atoms with E-state index in [2.05, 4.69) is 46.3 Å². The van der Waals surface area contributed by atoms with E-state index in [4.69, 9.17) is 9.47 Å². The number of ether oxygens (including phenoxy) is 2. The van der Waals surface area contributed by atoms with Gasteiger partial charge in [-0.3, -0.25) is 9.88 Å². The van der Waals surface area contributed by atoms with Crippen molar-refractivity contribution in [2.75, 3.05) is 13.7 Å². The van der Waals surface area contributed by atoms with Crippen molar-refractivity contribution in [3.63, 3.8) is 0 Å². The average molecular weight is 417 g/mol. The molecule has 1 aliphatic rings. The Hall–Kier alpha value is -3.02. The van der Waals surface area contributed by atoms with E-state index in [1.54, 1.807) is 6.07 Å². The molecule has 3 aromatic rings. The smallest absolute Gasteiger partial charge is 0.337 e. The number of likely N-dealkylation sites (tertiary alicyclic amines) is 1. The van der Waals surface area contributed by atoms with Crippen LogP contribution in [-0.2, 0) is 22.6 Å². The molecule has 2 atom stereocenters. The van der Waals surface area contributed by atoms with Gasteiger partial charge in [0.2, 0.25) is 0 Å². The standard InChI is InChI=1S/C26H28N2O3/c1-30-26(29)23-10-5-7-21(17-23)19-31-24-11-6-16-28(18-20-12-14-27-15-13-20)25(24)22-8-3-2-4-9-22/h2-5,7-10,12-15,17,24-25H,6,11,16,18-19H2,1H3/t24-,25-/m1/s1. The summed E-state index contributed by atoms with van der Waals surface area (Å²) in [4.78, 5) is 18.5. The van der Waals surface area contributed by atoms with Gasteiger partial charge >= 0.3 is 5.97 Å². The molecule has 0 spiro atoms. The summed E-state index contributed by atoms with van der Waals surface area (Å²) in [7, 11) is 1.40. The highest BCUT2D eigenvalue weighted by Crippen LogP contribution is 2.35. The van der Waals surface area contributed by atoms with Crippen LogP contribution in [0.4, 0.5) is 0 Å². The van der Waals surface area contributed by atoms with E-state index >= 15 is 0 Å². The Morgan fingerprint density at radius 1 is 1.03 bits per heavy atom. The first-order valence-corrected chi connectivity index (χ1v) is 10.7. The summed E-state index contributed by atoms with van der Waals surface area (Å²) in [6, 6.07) is 22.4. The second-order valence-electron chi connectivity index (χ2n) is 7.87. The van der Waals surface area contributed by atoms with E-state index in [0.717, 1.165) is 31.5 Å². The molecule has 0 bridgehead atoms. The Labute approximate surface area is 183 Å². The number of benzene rings is 2. The van der Waals surface area contributed by atoms with E-state index in [0.29, 0.717) is 12.2 Å². The van der Waals surface area contributed by atoms with Crippen LogP contribution in [0.3, 0.4) is 0 Å². The van der Waals surface area contributed by atoms with Crippen LogP contribution in [0.1, 0.15) is 45.9 Å². The van der Waals surface area contributed by atoms with Crippen molar-refractivity contribution in [3.8, 4) is 0 Å². The molecule has 0 radical (unpaired) electrons. The number of carbonyl (C=O) groups is 1. The van der Waals surface area contributed by atoms with Gasteiger partial charge < -0.3 is 9.47 Å². The molecule has 2 heterocycles. The summed E-state index contributed by atoms with van der Waals surface area (Å²) in [5.74, 6) is -0.329. The highest BCUT2D eigenvalue weighted by molar-refractivity contribution is 5.89. The van der Waals surface area contributed by atoms with Crippen molar-refractivity contribution in [3.05, 3.63) is 101 Å². The molecule has 5 heteroatoms. The van der Waals surface area contributed by atoms with Crippen LogP contribution in [0.5, 0.6) is 0 Å². The summed E-state index contributed by atoms with van der Waals surface area (Å²) in [6.45, 7) is 2.35. The van der Waals surface area contributed by atoms with Gasteiger partial charge in [-0.2, -0.15) is 0 Å². The van der Waals surface area contributed by atoms with Gasteiger partial charge in [-0.25, -0.2) is 4.79 Å². The quantitative estimate of drug-likeness (QED) is 0.518. The monoisotopic (exact) mass is 416 g/mol. The minimum atomic E-state index is -0.329. The Morgan fingerprint density at radius 3 is 2.61 bits per heavy atom. The van der Waals surface area contributed by atoms with Gasteiger partial charge in [0.25, 0.3) is 0 Å². The molecule has 4 rings (SSSR count). The van der Waals surface area contributed by atoms with Crippen LogP contribution in [-0.4, -0.2) is 35.6 Å². The minimum absolute atomic E-state index is 0.0692. The van der Waals surface area contributed by atoms with E-state index in [9.17, 15) is 4.79 Å². The van der Waals surface area contributed by atoms with Crippen molar-refractivity contribution in [2.24, 2.45) is 0 Å². The average Bonchev–Trinajstić information content (AvgIpc) is 2.83. The zero-order valence-corrected chi connectivity index (χ0v) is 17.8. The number of esters is 1. The molecule has 1 aromatic heterocycles. The lowest BCUT2D eigenvalue weighted by Crippen LogP contribution is -2.42. The third-order valence-corrected chi connectivity index (χ3v) is 5.77. The van der Waals surface area contributed by atoms with Gasteiger partial charge in [-0.1, -0.05) is 42.5 Å². The Morgan fingerprint density at radius 2 is 1.84 bits per heavy atom. The molecule has 0 N–H and O–H groups in total. The Balaban J connectivity index is 1.53. The second-order valence-corrected chi connectivity index (χ2v) is 7.87. The molecule has 160 valence electrons. The molecular formula is C26H28N2O3. The normalized spacial score (nSPS) is 19.1. The molecule has 0 unspecified atom stereocenters. The highest BCUT2D eigenvalue weighted by atomic mass is 16.5. The SMILES string of the molecule is COC(=O)c1cccc(CO[C@@H]2CCCN(Cc3ccncc3)[C@@H]2c2ccccc2)c1. The number of hydrogen-bond donors (Lipinski definition) is 0. The number of hydrogen-bond acceptors (Lipinski definition) is 5. The molecule has 31 heavy (non-hydrogen) atoms. The number of rotatable bonds is 7. The van der Waals surface area contributed by atoms with E-state index in [-0.39, 0.29) is 18.1 Å². The van der Waals surface area contributed by atoms with Crippen molar-refractivity contribution < 1.29 is 14.3 Å². The van der Waals surface area contributed by atoms with E-state index < -0.39 is 0 Å². The van der Waals surface area contributed by atoms with E-state index in [1.807, 2.05) is 36.7 Å². The molecule has 1 aliphatic heterocycles. The Kier molecular flexibility index (Phi) is 7.07. The number of carbonyl (C=O) groups excluding carboxylic acids is 1. The largest absolute Gasteiger partial charge is 0.465 e. The molecule has 1 saturated heterocycles. The molecule has 2 aromatic carbocycles. The highest BCUT2D eigenvalue weighted by Gasteiger charge is 2.33. The molecule has 0 amide bonds. The zero-order valence-electron chi connectivity index (χ0n) is 17.8. The first-order chi connectivity index (χ1) is 15.2. The first kappa shape index (κ1) is 21.2. The number of methoxy groups -OCH3 is 1. The predicted molar refractivity (Wildman–Crippen MR) is 119 cm³/mol. The summed E-state index contributed by atoms with van der Waals surface area (Å²) in [5, 5.41) is 0. The lowest BCUT2D eigenvalue weighted by Gasteiger charge is -2.41. The maximum Gasteiger partial charge on any atom is 0.337 e. The first-order valence-electron chi connectivity index (χ1n) is 10.7. The topological polar surface area (TPSA) is 51.7 Å². The summed E-state index contributed by atoms with van der Waals surface area (Å²) < 4.78 is 11.3. The van der Waals surface area contributed by atoms with Crippen molar-refractivity contribution in [1.29, 1.82) is 0 Å². The van der Waals surface area contributed by atoms with Gasteiger partial charge in [-0.05, 0) is 60.3 Å². The van der Waals surface area contributed by atoms with Crippen molar-refractivity contribution in [2.45, 2.75) is 38.1 Å². The summed E-state index contributed by atoms with van der Waals surface area (Å²) in [5.41, 5.74) is 4.04. The number of pyridine rings is 1. The van der Waals surface area contributed by atoms with Crippen LogP contribution >= 0.6 is 0 Å². The maximum atomic E-state index is 11.9. The lowest BCUT2D eigenvalue weighted by molar-refractivity contribution is -0.0553. The molecule has 0 saturated carbocycles. The van der Waals surface area contributed by atoms with Crippen LogP contribution in [0, 0.1) is 0 Å². The number of piperidine rings is 1. The molecule has 1 fully saturated rings. The van der Waals surface area contributed by atoms with Crippen LogP contribution in [0.25, 0.3) is 0 Å². The third kappa shape index (κ3) is 5.37. The zero-order chi connectivity index (χ0) is 21.5.